The first-order valence-electron chi connectivity index (χ1n) is 5.75. The molecule has 1 aliphatic heterocycles. The minimum Gasteiger partial charge on any atom is -0.375 e. The summed E-state index contributed by atoms with van der Waals surface area (Å²) in [4.78, 5) is 13.1. The van der Waals surface area contributed by atoms with E-state index in [-0.39, 0.29) is 12.0 Å². The van der Waals surface area contributed by atoms with Gasteiger partial charge < -0.3 is 9.64 Å². The minimum absolute atomic E-state index is 0.166. The van der Waals surface area contributed by atoms with E-state index >= 15 is 0 Å². The molecular weight excluding hydrogens is 190 g/mol. The number of hydrogen-bond acceptors (Lipinski definition) is 2. The molecule has 0 aliphatic carbocycles. The van der Waals surface area contributed by atoms with Crippen molar-refractivity contribution in [1.82, 2.24) is 4.90 Å². The summed E-state index contributed by atoms with van der Waals surface area (Å²) in [6.07, 6.45) is 2.43. The molecule has 1 fully saturated rings. The molecule has 3 nitrogen and oxygen atoms in total. The van der Waals surface area contributed by atoms with Crippen molar-refractivity contribution in [1.29, 1.82) is 0 Å². The van der Waals surface area contributed by atoms with Crippen LogP contribution in [0.5, 0.6) is 0 Å². The van der Waals surface area contributed by atoms with Crippen molar-refractivity contribution in [3.63, 3.8) is 0 Å². The summed E-state index contributed by atoms with van der Waals surface area (Å²) in [5.41, 5.74) is 0.349. The number of nitrogens with zero attached hydrogens (tertiary/aromatic N) is 1. The molecule has 1 aliphatic rings. The molecule has 1 rings (SSSR count). The molecule has 3 heteroatoms. The number of morpholine rings is 1. The van der Waals surface area contributed by atoms with E-state index in [1.807, 2.05) is 4.90 Å². The smallest absolute Gasteiger partial charge is 0.219 e. The molecule has 0 spiro atoms. The van der Waals surface area contributed by atoms with Crippen LogP contribution in [0.25, 0.3) is 0 Å². The second kappa shape index (κ2) is 4.97. The van der Waals surface area contributed by atoms with Crippen molar-refractivity contribution >= 4 is 5.91 Å². The van der Waals surface area contributed by atoms with Crippen LogP contribution in [-0.2, 0) is 9.53 Å². The Labute approximate surface area is 92.8 Å². The summed E-state index contributed by atoms with van der Waals surface area (Å²) in [6.45, 7) is 10.5. The van der Waals surface area contributed by atoms with E-state index in [9.17, 15) is 4.79 Å². The Morgan fingerprint density at radius 2 is 2.13 bits per heavy atom. The van der Waals surface area contributed by atoms with Crippen LogP contribution in [0, 0.1) is 5.41 Å². The topological polar surface area (TPSA) is 29.5 Å². The summed E-state index contributed by atoms with van der Waals surface area (Å²) in [5.74, 6) is 0.166. The van der Waals surface area contributed by atoms with Gasteiger partial charge in [-0.2, -0.15) is 0 Å². The fraction of sp³-hybridized carbons (Fsp3) is 0.917. The van der Waals surface area contributed by atoms with Crippen LogP contribution >= 0.6 is 0 Å². The predicted molar refractivity (Wildman–Crippen MR) is 60.7 cm³/mol. The van der Waals surface area contributed by atoms with Gasteiger partial charge in [-0.05, 0) is 18.3 Å². The molecule has 0 aromatic heterocycles. The third-order valence-corrected chi connectivity index (χ3v) is 2.80. The summed E-state index contributed by atoms with van der Waals surface area (Å²) in [5, 5.41) is 0. The standard InChI is InChI=1S/C12H23NO2/c1-10(14)13-7-8-15-11(9-13)5-6-12(2,3)4/h11H,5-9H2,1-4H3/t11-/m0/s1. The zero-order valence-electron chi connectivity index (χ0n) is 10.4. The maximum atomic E-state index is 11.2. The number of ether oxygens (including phenoxy) is 1. The lowest BCUT2D eigenvalue weighted by molar-refractivity contribution is -0.136. The zero-order valence-corrected chi connectivity index (χ0v) is 10.4. The highest BCUT2D eigenvalue weighted by Gasteiger charge is 2.23. The lowest BCUT2D eigenvalue weighted by atomic mass is 9.89. The Balaban J connectivity index is 2.34. The SMILES string of the molecule is CC(=O)N1CCO[C@@H](CCC(C)(C)C)C1. The van der Waals surface area contributed by atoms with Crippen LogP contribution in [0.2, 0.25) is 0 Å². The Bertz CT molecular complexity index is 220. The summed E-state index contributed by atoms with van der Waals surface area (Å²) in [7, 11) is 0. The first-order chi connectivity index (χ1) is 6.88. The highest BCUT2D eigenvalue weighted by atomic mass is 16.5. The number of carbonyl (C=O) groups is 1. The zero-order chi connectivity index (χ0) is 11.5. The van der Waals surface area contributed by atoms with Crippen molar-refractivity contribution in [3.8, 4) is 0 Å². The Hall–Kier alpha value is -0.570. The van der Waals surface area contributed by atoms with E-state index in [1.54, 1.807) is 6.92 Å². The molecule has 0 saturated carbocycles. The van der Waals surface area contributed by atoms with E-state index in [0.717, 1.165) is 25.9 Å². The molecule has 0 aromatic carbocycles. The first-order valence-corrected chi connectivity index (χ1v) is 5.75. The van der Waals surface area contributed by atoms with Crippen LogP contribution in [0.3, 0.4) is 0 Å². The highest BCUT2D eigenvalue weighted by molar-refractivity contribution is 5.73. The van der Waals surface area contributed by atoms with Crippen molar-refractivity contribution in [2.24, 2.45) is 5.41 Å². The monoisotopic (exact) mass is 213 g/mol. The minimum atomic E-state index is 0.166. The number of carbonyl (C=O) groups excluding carboxylic acids is 1. The van der Waals surface area contributed by atoms with Crippen LogP contribution in [-0.4, -0.2) is 36.6 Å². The third kappa shape index (κ3) is 4.65. The maximum absolute atomic E-state index is 11.2. The van der Waals surface area contributed by atoms with E-state index in [1.165, 1.54) is 0 Å². The van der Waals surface area contributed by atoms with Crippen LogP contribution in [0.1, 0.15) is 40.5 Å². The molecule has 15 heavy (non-hydrogen) atoms. The molecule has 1 saturated heterocycles. The molecular formula is C12H23NO2. The number of rotatable bonds is 2. The molecule has 0 bridgehead atoms. The first kappa shape index (κ1) is 12.5. The van der Waals surface area contributed by atoms with Gasteiger partial charge in [0, 0.05) is 20.0 Å². The molecule has 1 amide bonds. The van der Waals surface area contributed by atoms with Crippen molar-refractivity contribution in [3.05, 3.63) is 0 Å². The second-order valence-corrected chi connectivity index (χ2v) is 5.56. The average Bonchev–Trinajstić information content (AvgIpc) is 2.14. The molecule has 1 heterocycles. The quantitative estimate of drug-likeness (QED) is 0.702. The third-order valence-electron chi connectivity index (χ3n) is 2.80. The summed E-state index contributed by atoms with van der Waals surface area (Å²) < 4.78 is 5.66. The van der Waals surface area contributed by atoms with Gasteiger partial charge in [0.05, 0.1) is 12.7 Å². The van der Waals surface area contributed by atoms with Crippen LogP contribution < -0.4 is 0 Å². The lowest BCUT2D eigenvalue weighted by Crippen LogP contribution is -2.44. The van der Waals surface area contributed by atoms with Gasteiger partial charge in [0.1, 0.15) is 0 Å². The van der Waals surface area contributed by atoms with Crippen molar-refractivity contribution in [2.45, 2.75) is 46.6 Å². The van der Waals surface area contributed by atoms with Gasteiger partial charge in [-0.1, -0.05) is 20.8 Å². The summed E-state index contributed by atoms with van der Waals surface area (Å²) in [6, 6.07) is 0. The normalized spacial score (nSPS) is 22.9. The van der Waals surface area contributed by atoms with Gasteiger partial charge in [-0.3, -0.25) is 4.79 Å². The largest absolute Gasteiger partial charge is 0.375 e. The Morgan fingerprint density at radius 1 is 1.47 bits per heavy atom. The van der Waals surface area contributed by atoms with Crippen LogP contribution in [0.4, 0.5) is 0 Å². The van der Waals surface area contributed by atoms with Gasteiger partial charge >= 0.3 is 0 Å². The van der Waals surface area contributed by atoms with Gasteiger partial charge in [0.2, 0.25) is 5.91 Å². The Kier molecular flexibility index (Phi) is 4.14. The van der Waals surface area contributed by atoms with Crippen LogP contribution in [0.15, 0.2) is 0 Å². The molecule has 0 radical (unpaired) electrons. The highest BCUT2D eigenvalue weighted by Crippen LogP contribution is 2.23. The van der Waals surface area contributed by atoms with Gasteiger partial charge in [0.15, 0.2) is 0 Å². The molecule has 1 atom stereocenters. The van der Waals surface area contributed by atoms with Crippen molar-refractivity contribution in [2.75, 3.05) is 19.7 Å². The fourth-order valence-electron chi connectivity index (χ4n) is 1.77. The van der Waals surface area contributed by atoms with Crippen molar-refractivity contribution < 1.29 is 9.53 Å². The summed E-state index contributed by atoms with van der Waals surface area (Å²) >= 11 is 0. The lowest BCUT2D eigenvalue weighted by Gasteiger charge is -2.33. The second-order valence-electron chi connectivity index (χ2n) is 5.56. The predicted octanol–water partition coefficient (Wildman–Crippen LogP) is 2.06. The van der Waals surface area contributed by atoms with Gasteiger partial charge in [-0.25, -0.2) is 0 Å². The maximum Gasteiger partial charge on any atom is 0.219 e. The van der Waals surface area contributed by atoms with E-state index in [0.29, 0.717) is 12.0 Å². The fourth-order valence-corrected chi connectivity index (χ4v) is 1.77. The molecule has 88 valence electrons. The molecule has 0 N–H and O–H groups in total. The van der Waals surface area contributed by atoms with E-state index < -0.39 is 0 Å². The van der Waals surface area contributed by atoms with E-state index in [2.05, 4.69) is 20.8 Å². The molecule has 0 unspecified atom stereocenters. The average molecular weight is 213 g/mol. The number of amides is 1. The van der Waals surface area contributed by atoms with Gasteiger partial charge in [0.25, 0.3) is 0 Å². The van der Waals surface area contributed by atoms with E-state index in [4.69, 9.17) is 4.74 Å². The Morgan fingerprint density at radius 3 is 2.67 bits per heavy atom. The molecule has 0 aromatic rings. The van der Waals surface area contributed by atoms with Gasteiger partial charge in [-0.15, -0.1) is 0 Å². The number of hydrogen-bond donors (Lipinski definition) is 0.